The highest BCUT2D eigenvalue weighted by atomic mass is 16.5. The van der Waals surface area contributed by atoms with Crippen molar-refractivity contribution < 1.29 is 14.1 Å². The fourth-order valence-electron chi connectivity index (χ4n) is 2.12. The Morgan fingerprint density at radius 3 is 2.67 bits per heavy atom. The summed E-state index contributed by atoms with van der Waals surface area (Å²) in [5.41, 5.74) is 1.95. The topological polar surface area (TPSA) is 55.6 Å². The Bertz CT molecular complexity index is 566. The van der Waals surface area contributed by atoms with Crippen LogP contribution in [0.4, 0.5) is 0 Å². The summed E-state index contributed by atoms with van der Waals surface area (Å²) >= 11 is 0. The van der Waals surface area contributed by atoms with Gasteiger partial charge in [-0.2, -0.15) is 0 Å². The Labute approximate surface area is 124 Å². The molecule has 0 aliphatic rings. The van der Waals surface area contributed by atoms with E-state index in [0.717, 1.165) is 17.0 Å². The largest absolute Gasteiger partial charge is 0.465 e. The average molecular weight is 288 g/mol. The van der Waals surface area contributed by atoms with E-state index in [-0.39, 0.29) is 12.5 Å². The van der Waals surface area contributed by atoms with E-state index in [9.17, 15) is 4.79 Å². The molecule has 0 spiro atoms. The molecule has 1 aromatic heterocycles. The van der Waals surface area contributed by atoms with Crippen LogP contribution in [0.2, 0.25) is 0 Å². The third-order valence-corrected chi connectivity index (χ3v) is 2.97. The van der Waals surface area contributed by atoms with Crippen LogP contribution in [0.3, 0.4) is 0 Å². The molecule has 0 atom stereocenters. The third-order valence-electron chi connectivity index (χ3n) is 2.97. The summed E-state index contributed by atoms with van der Waals surface area (Å²) in [6.45, 7) is 5.48. The van der Waals surface area contributed by atoms with Gasteiger partial charge in [0, 0.05) is 19.2 Å². The second-order valence-corrected chi connectivity index (χ2v) is 4.86. The van der Waals surface area contributed by atoms with Crippen molar-refractivity contribution in [3.63, 3.8) is 0 Å². The molecule has 0 radical (unpaired) electrons. The molecule has 0 amide bonds. The molecule has 0 unspecified atom stereocenters. The highest BCUT2D eigenvalue weighted by Gasteiger charge is 2.14. The van der Waals surface area contributed by atoms with Gasteiger partial charge in [-0.1, -0.05) is 35.5 Å². The van der Waals surface area contributed by atoms with Crippen molar-refractivity contribution >= 4 is 5.97 Å². The Hall–Kier alpha value is -2.14. The first-order chi connectivity index (χ1) is 10.2. The van der Waals surface area contributed by atoms with Gasteiger partial charge in [0.25, 0.3) is 0 Å². The van der Waals surface area contributed by atoms with Gasteiger partial charge in [0.15, 0.2) is 0 Å². The van der Waals surface area contributed by atoms with Gasteiger partial charge in [0.2, 0.25) is 0 Å². The number of rotatable bonds is 7. The van der Waals surface area contributed by atoms with Crippen molar-refractivity contribution in [1.29, 1.82) is 0 Å². The van der Waals surface area contributed by atoms with Gasteiger partial charge in [0.05, 0.1) is 18.8 Å². The second kappa shape index (κ2) is 7.59. The van der Waals surface area contributed by atoms with Crippen molar-refractivity contribution in [2.45, 2.75) is 26.9 Å². The van der Waals surface area contributed by atoms with Crippen molar-refractivity contribution in [1.82, 2.24) is 10.1 Å². The highest BCUT2D eigenvalue weighted by molar-refractivity contribution is 5.71. The number of carbonyl (C=O) groups is 1. The maximum Gasteiger partial charge on any atom is 0.320 e. The Balaban J connectivity index is 2.04. The Morgan fingerprint density at radius 1 is 1.29 bits per heavy atom. The molecule has 0 N–H and O–H groups in total. The minimum Gasteiger partial charge on any atom is -0.465 e. The number of aryl methyl sites for hydroxylation is 1. The SMILES string of the molecule is CCOC(=O)CN(Cc1ccccc1)Cc1cc(C)on1. The number of aromatic nitrogens is 1. The van der Waals surface area contributed by atoms with Gasteiger partial charge in [-0.3, -0.25) is 9.69 Å². The van der Waals surface area contributed by atoms with Crippen molar-refractivity contribution in [3.8, 4) is 0 Å². The van der Waals surface area contributed by atoms with Crippen LogP contribution >= 0.6 is 0 Å². The monoisotopic (exact) mass is 288 g/mol. The minimum atomic E-state index is -0.228. The van der Waals surface area contributed by atoms with Gasteiger partial charge >= 0.3 is 5.97 Å². The van der Waals surface area contributed by atoms with E-state index < -0.39 is 0 Å². The van der Waals surface area contributed by atoms with Gasteiger partial charge in [-0.15, -0.1) is 0 Å². The van der Waals surface area contributed by atoms with Crippen molar-refractivity contribution in [2.75, 3.05) is 13.2 Å². The van der Waals surface area contributed by atoms with Crippen LogP contribution in [-0.2, 0) is 22.6 Å². The summed E-state index contributed by atoms with van der Waals surface area (Å²) in [5, 5.41) is 3.98. The highest BCUT2D eigenvalue weighted by Crippen LogP contribution is 2.10. The summed E-state index contributed by atoms with van der Waals surface area (Å²) in [4.78, 5) is 13.7. The molecule has 0 fully saturated rings. The maximum atomic E-state index is 11.7. The fraction of sp³-hybridized carbons (Fsp3) is 0.375. The zero-order valence-corrected chi connectivity index (χ0v) is 12.4. The fourth-order valence-corrected chi connectivity index (χ4v) is 2.12. The number of hydrogen-bond donors (Lipinski definition) is 0. The molecule has 2 aromatic rings. The molecule has 0 saturated carbocycles. The number of carbonyl (C=O) groups excluding carboxylic acids is 1. The van der Waals surface area contributed by atoms with E-state index in [2.05, 4.69) is 5.16 Å². The van der Waals surface area contributed by atoms with Gasteiger partial charge in [-0.25, -0.2) is 0 Å². The minimum absolute atomic E-state index is 0.228. The number of benzene rings is 1. The average Bonchev–Trinajstić information content (AvgIpc) is 2.85. The maximum absolute atomic E-state index is 11.7. The number of ether oxygens (including phenoxy) is 1. The van der Waals surface area contributed by atoms with Gasteiger partial charge < -0.3 is 9.26 Å². The summed E-state index contributed by atoms with van der Waals surface area (Å²) in [5.74, 6) is 0.537. The molecule has 112 valence electrons. The molecule has 2 rings (SSSR count). The summed E-state index contributed by atoms with van der Waals surface area (Å²) in [7, 11) is 0. The lowest BCUT2D eigenvalue weighted by Crippen LogP contribution is -2.30. The van der Waals surface area contributed by atoms with Crippen molar-refractivity contribution in [2.24, 2.45) is 0 Å². The number of esters is 1. The lowest BCUT2D eigenvalue weighted by molar-refractivity contribution is -0.144. The quantitative estimate of drug-likeness (QED) is 0.733. The van der Waals surface area contributed by atoms with E-state index in [0.29, 0.717) is 19.7 Å². The summed E-state index contributed by atoms with van der Waals surface area (Å²) in [6.07, 6.45) is 0. The molecular formula is C16H20N2O3. The van der Waals surface area contributed by atoms with E-state index >= 15 is 0 Å². The first-order valence-electron chi connectivity index (χ1n) is 7.01. The van der Waals surface area contributed by atoms with E-state index in [1.807, 2.05) is 48.2 Å². The predicted octanol–water partition coefficient (Wildman–Crippen LogP) is 2.55. The summed E-state index contributed by atoms with van der Waals surface area (Å²) < 4.78 is 10.1. The van der Waals surface area contributed by atoms with Crippen molar-refractivity contribution in [3.05, 3.63) is 53.4 Å². The van der Waals surface area contributed by atoms with E-state index in [1.165, 1.54) is 0 Å². The predicted molar refractivity (Wildman–Crippen MR) is 78.4 cm³/mol. The van der Waals surface area contributed by atoms with E-state index in [4.69, 9.17) is 9.26 Å². The van der Waals surface area contributed by atoms with Crippen LogP contribution < -0.4 is 0 Å². The lowest BCUT2D eigenvalue weighted by atomic mass is 10.2. The summed E-state index contributed by atoms with van der Waals surface area (Å²) in [6, 6.07) is 11.9. The molecule has 0 aliphatic heterocycles. The molecule has 0 bridgehead atoms. The second-order valence-electron chi connectivity index (χ2n) is 4.86. The lowest BCUT2D eigenvalue weighted by Gasteiger charge is -2.20. The molecular weight excluding hydrogens is 268 g/mol. The molecule has 1 heterocycles. The zero-order valence-electron chi connectivity index (χ0n) is 12.4. The smallest absolute Gasteiger partial charge is 0.320 e. The van der Waals surface area contributed by atoms with Crippen LogP contribution in [-0.4, -0.2) is 29.2 Å². The zero-order chi connectivity index (χ0) is 15.1. The van der Waals surface area contributed by atoms with Gasteiger partial charge in [0.1, 0.15) is 5.76 Å². The molecule has 5 nitrogen and oxygen atoms in total. The van der Waals surface area contributed by atoms with Crippen LogP contribution in [0, 0.1) is 6.92 Å². The Kier molecular flexibility index (Phi) is 5.51. The van der Waals surface area contributed by atoms with E-state index in [1.54, 1.807) is 6.92 Å². The molecule has 0 saturated heterocycles. The molecule has 21 heavy (non-hydrogen) atoms. The number of hydrogen-bond acceptors (Lipinski definition) is 5. The standard InChI is InChI=1S/C16H20N2O3/c1-3-20-16(19)12-18(10-14-7-5-4-6-8-14)11-15-9-13(2)21-17-15/h4-9H,3,10-12H2,1-2H3. The van der Waals surface area contributed by atoms with Gasteiger partial charge in [-0.05, 0) is 19.4 Å². The Morgan fingerprint density at radius 2 is 2.05 bits per heavy atom. The van der Waals surface area contributed by atoms with Crippen LogP contribution in [0.15, 0.2) is 40.9 Å². The third kappa shape index (κ3) is 5.04. The molecule has 5 heteroatoms. The van der Waals surface area contributed by atoms with Crippen LogP contribution in [0.1, 0.15) is 23.9 Å². The first-order valence-corrected chi connectivity index (χ1v) is 7.01. The van der Waals surface area contributed by atoms with Crippen LogP contribution in [0.25, 0.3) is 0 Å². The first kappa shape index (κ1) is 15.3. The molecule has 1 aromatic carbocycles. The molecule has 0 aliphatic carbocycles. The van der Waals surface area contributed by atoms with Crippen LogP contribution in [0.5, 0.6) is 0 Å². The normalized spacial score (nSPS) is 10.8. The number of nitrogens with zero attached hydrogens (tertiary/aromatic N) is 2.